The van der Waals surface area contributed by atoms with Crippen LogP contribution in [-0.2, 0) is 13.1 Å². The number of rotatable bonds is 4. The Morgan fingerprint density at radius 2 is 1.96 bits per heavy atom. The lowest BCUT2D eigenvalue weighted by atomic mass is 10.00. The minimum atomic E-state index is 0. The van der Waals surface area contributed by atoms with Gasteiger partial charge < -0.3 is 15.2 Å². The highest BCUT2D eigenvalue weighted by atomic mass is 127. The molecule has 2 N–H and O–H groups in total. The van der Waals surface area contributed by atoms with Gasteiger partial charge in [-0.25, -0.2) is 9.98 Å². The fraction of sp³-hybridized carbons (Fsp3) is 0.444. The molecule has 1 aliphatic heterocycles. The Morgan fingerprint density at radius 3 is 2.67 bits per heavy atom. The van der Waals surface area contributed by atoms with Gasteiger partial charge in [0.25, 0.3) is 0 Å². The molecule has 2 heterocycles. The zero-order chi connectivity index (χ0) is 16.1. The van der Waals surface area contributed by atoms with E-state index in [4.69, 9.17) is 5.73 Å². The second kappa shape index (κ2) is 9.05. The van der Waals surface area contributed by atoms with Gasteiger partial charge in [-0.3, -0.25) is 0 Å². The number of aliphatic imine (C=N–C) groups is 1. The maximum atomic E-state index is 6.15. The Kier molecular flexibility index (Phi) is 7.08. The number of likely N-dealkylation sites (tertiary alicyclic amines) is 1. The van der Waals surface area contributed by atoms with Gasteiger partial charge >= 0.3 is 0 Å². The summed E-state index contributed by atoms with van der Waals surface area (Å²) in [5.41, 5.74) is 7.41. The van der Waals surface area contributed by atoms with Gasteiger partial charge in [-0.15, -0.1) is 24.0 Å². The lowest BCUT2D eigenvalue weighted by Gasteiger charge is -2.31. The van der Waals surface area contributed by atoms with Gasteiger partial charge in [0, 0.05) is 32.0 Å². The molecule has 0 bridgehead atoms. The van der Waals surface area contributed by atoms with Crippen molar-refractivity contribution in [3.05, 3.63) is 54.1 Å². The van der Waals surface area contributed by atoms with Crippen molar-refractivity contribution in [2.75, 3.05) is 13.1 Å². The van der Waals surface area contributed by atoms with Crippen molar-refractivity contribution in [2.24, 2.45) is 16.6 Å². The quantitative estimate of drug-likeness (QED) is 0.453. The Hall–Kier alpha value is -1.57. The summed E-state index contributed by atoms with van der Waals surface area (Å²) in [6, 6.07) is 10.4. The molecule has 130 valence electrons. The molecular weight excluding hydrogens is 413 g/mol. The van der Waals surface area contributed by atoms with Crippen LogP contribution in [0.2, 0.25) is 0 Å². The topological polar surface area (TPSA) is 59.4 Å². The van der Waals surface area contributed by atoms with Crippen molar-refractivity contribution < 1.29 is 0 Å². The van der Waals surface area contributed by atoms with E-state index in [-0.39, 0.29) is 24.0 Å². The predicted molar refractivity (Wildman–Crippen MR) is 108 cm³/mol. The van der Waals surface area contributed by atoms with E-state index in [1.165, 1.54) is 18.4 Å². The van der Waals surface area contributed by atoms with E-state index in [2.05, 4.69) is 50.6 Å². The van der Waals surface area contributed by atoms with E-state index in [0.29, 0.717) is 12.5 Å². The molecule has 5 nitrogen and oxygen atoms in total. The number of nitrogens with two attached hydrogens (primary N) is 1. The van der Waals surface area contributed by atoms with Crippen molar-refractivity contribution in [1.29, 1.82) is 0 Å². The molecule has 1 fully saturated rings. The van der Waals surface area contributed by atoms with E-state index in [9.17, 15) is 0 Å². The highest BCUT2D eigenvalue weighted by Crippen LogP contribution is 2.15. The maximum Gasteiger partial charge on any atom is 0.191 e. The van der Waals surface area contributed by atoms with Crippen molar-refractivity contribution in [3.8, 4) is 0 Å². The molecular formula is C18H26IN5. The fourth-order valence-electron chi connectivity index (χ4n) is 2.91. The average molecular weight is 439 g/mol. The molecule has 0 radical (unpaired) electrons. The molecule has 0 amide bonds. The van der Waals surface area contributed by atoms with E-state index < -0.39 is 0 Å². The Balaban J connectivity index is 0.00000208. The molecule has 0 spiro atoms. The summed E-state index contributed by atoms with van der Waals surface area (Å²) in [5, 5.41) is 0. The van der Waals surface area contributed by atoms with Crippen LogP contribution in [0, 0.1) is 5.92 Å². The van der Waals surface area contributed by atoms with E-state index in [1.807, 2.05) is 18.5 Å². The summed E-state index contributed by atoms with van der Waals surface area (Å²) in [5.74, 6) is 2.39. The predicted octanol–water partition coefficient (Wildman–Crippen LogP) is 3.10. The largest absolute Gasteiger partial charge is 0.370 e. The van der Waals surface area contributed by atoms with Crippen molar-refractivity contribution in [3.63, 3.8) is 0 Å². The van der Waals surface area contributed by atoms with Crippen LogP contribution in [0.4, 0.5) is 0 Å². The van der Waals surface area contributed by atoms with Gasteiger partial charge in [-0.2, -0.15) is 0 Å². The molecule has 1 aromatic carbocycles. The molecule has 0 atom stereocenters. The molecule has 1 aliphatic rings. The van der Waals surface area contributed by atoms with Gasteiger partial charge in [0.1, 0.15) is 12.4 Å². The lowest BCUT2D eigenvalue weighted by Crippen LogP contribution is -2.42. The van der Waals surface area contributed by atoms with Crippen molar-refractivity contribution >= 4 is 29.9 Å². The molecule has 1 aromatic heterocycles. The van der Waals surface area contributed by atoms with Gasteiger partial charge in [0.15, 0.2) is 5.96 Å². The number of piperidine rings is 1. The SMILES string of the molecule is CC1CCN(C(N)=NCc2nccn2Cc2ccccc2)CC1.I. The second-order valence-corrected chi connectivity index (χ2v) is 6.30. The number of imidazole rings is 1. The zero-order valence-electron chi connectivity index (χ0n) is 14.1. The third-order valence-corrected chi connectivity index (χ3v) is 4.49. The summed E-state index contributed by atoms with van der Waals surface area (Å²) < 4.78 is 2.13. The van der Waals surface area contributed by atoms with Crippen LogP contribution >= 0.6 is 24.0 Å². The highest BCUT2D eigenvalue weighted by molar-refractivity contribution is 14.0. The number of guanidine groups is 1. The van der Waals surface area contributed by atoms with Crippen LogP contribution < -0.4 is 5.73 Å². The smallest absolute Gasteiger partial charge is 0.191 e. The first-order valence-corrected chi connectivity index (χ1v) is 8.31. The van der Waals surface area contributed by atoms with E-state index in [0.717, 1.165) is 31.4 Å². The minimum absolute atomic E-state index is 0. The van der Waals surface area contributed by atoms with Crippen LogP contribution in [-0.4, -0.2) is 33.5 Å². The Morgan fingerprint density at radius 1 is 1.25 bits per heavy atom. The molecule has 6 heteroatoms. The maximum absolute atomic E-state index is 6.15. The minimum Gasteiger partial charge on any atom is -0.370 e. The highest BCUT2D eigenvalue weighted by Gasteiger charge is 2.17. The summed E-state index contributed by atoms with van der Waals surface area (Å²) in [7, 11) is 0. The number of halogens is 1. The number of benzene rings is 1. The van der Waals surface area contributed by atoms with Gasteiger partial charge in [0.05, 0.1) is 0 Å². The normalized spacial score (nSPS) is 16.0. The van der Waals surface area contributed by atoms with E-state index in [1.54, 1.807) is 0 Å². The molecule has 0 saturated carbocycles. The van der Waals surface area contributed by atoms with Gasteiger partial charge in [-0.1, -0.05) is 37.3 Å². The zero-order valence-corrected chi connectivity index (χ0v) is 16.5. The number of nitrogens with zero attached hydrogens (tertiary/aromatic N) is 4. The van der Waals surface area contributed by atoms with Crippen molar-refractivity contribution in [2.45, 2.75) is 32.9 Å². The standard InChI is InChI=1S/C18H25N5.HI/c1-15-7-10-22(11-8-15)18(19)21-13-17-20-9-12-23(17)14-16-5-3-2-4-6-16;/h2-6,9,12,15H,7-8,10-11,13-14H2,1H3,(H2,19,21);1H. The first-order chi connectivity index (χ1) is 11.2. The van der Waals surface area contributed by atoms with E-state index >= 15 is 0 Å². The Bertz CT molecular complexity index is 644. The molecule has 24 heavy (non-hydrogen) atoms. The molecule has 2 aromatic rings. The summed E-state index contributed by atoms with van der Waals surface area (Å²) in [6.45, 7) is 5.65. The van der Waals surface area contributed by atoms with Crippen molar-refractivity contribution in [1.82, 2.24) is 14.5 Å². The van der Waals surface area contributed by atoms with Crippen LogP contribution in [0.1, 0.15) is 31.2 Å². The molecule has 1 saturated heterocycles. The Labute approximate surface area is 161 Å². The monoisotopic (exact) mass is 439 g/mol. The molecule has 0 unspecified atom stereocenters. The van der Waals surface area contributed by atoms with Gasteiger partial charge in [-0.05, 0) is 24.3 Å². The second-order valence-electron chi connectivity index (χ2n) is 6.30. The molecule has 0 aliphatic carbocycles. The third-order valence-electron chi connectivity index (χ3n) is 4.49. The summed E-state index contributed by atoms with van der Waals surface area (Å²) in [6.07, 6.45) is 6.21. The number of hydrogen-bond donors (Lipinski definition) is 1. The summed E-state index contributed by atoms with van der Waals surface area (Å²) in [4.78, 5) is 11.2. The number of hydrogen-bond acceptors (Lipinski definition) is 2. The van der Waals surface area contributed by atoms with Crippen LogP contribution in [0.15, 0.2) is 47.7 Å². The van der Waals surface area contributed by atoms with Crippen LogP contribution in [0.25, 0.3) is 0 Å². The average Bonchev–Trinajstić information content (AvgIpc) is 3.01. The summed E-state index contributed by atoms with van der Waals surface area (Å²) >= 11 is 0. The first kappa shape index (κ1) is 18.8. The van der Waals surface area contributed by atoms with Crippen LogP contribution in [0.3, 0.4) is 0 Å². The number of aromatic nitrogens is 2. The third kappa shape index (κ3) is 4.96. The lowest BCUT2D eigenvalue weighted by molar-refractivity contribution is 0.277. The van der Waals surface area contributed by atoms with Crippen LogP contribution in [0.5, 0.6) is 0 Å². The molecule has 3 rings (SSSR count). The van der Waals surface area contributed by atoms with Gasteiger partial charge in [0.2, 0.25) is 0 Å². The first-order valence-electron chi connectivity index (χ1n) is 8.31. The fourth-order valence-corrected chi connectivity index (χ4v) is 2.91.